The molecule has 2 N–H and O–H groups in total. The molecule has 1 atom stereocenters. The fourth-order valence-corrected chi connectivity index (χ4v) is 0.958. The van der Waals surface area contributed by atoms with E-state index in [9.17, 15) is 10.2 Å². The summed E-state index contributed by atoms with van der Waals surface area (Å²) in [5, 5.41) is 18.6. The van der Waals surface area contributed by atoms with Crippen LogP contribution in [-0.2, 0) is 0 Å². The van der Waals surface area contributed by atoms with Gasteiger partial charge in [-0.2, -0.15) is 0 Å². The quantitative estimate of drug-likeness (QED) is 0.571. The third kappa shape index (κ3) is 2.76. The molecule has 0 spiro atoms. The fraction of sp³-hybridized carbons (Fsp3) is 0.364. The van der Waals surface area contributed by atoms with Gasteiger partial charge in [-0.15, -0.1) is 0 Å². The lowest BCUT2D eigenvalue weighted by atomic mass is 10.2. The zero-order chi connectivity index (χ0) is 10.6. The minimum atomic E-state index is 0.133. The first kappa shape index (κ1) is 10.6. The van der Waals surface area contributed by atoms with Crippen molar-refractivity contribution in [1.29, 1.82) is 0 Å². The van der Waals surface area contributed by atoms with Gasteiger partial charge < -0.3 is 10.2 Å². The summed E-state index contributed by atoms with van der Waals surface area (Å²) in [4.78, 5) is 4.22. The second-order valence-electron chi connectivity index (χ2n) is 3.28. The zero-order valence-corrected chi connectivity index (χ0v) is 8.44. The molecule has 0 aliphatic rings. The van der Waals surface area contributed by atoms with Crippen LogP contribution in [0.5, 0.6) is 11.5 Å². The molecule has 0 fully saturated rings. The number of aliphatic imine (C=N–C) groups is 1. The van der Waals surface area contributed by atoms with E-state index in [0.717, 1.165) is 6.42 Å². The first-order valence-corrected chi connectivity index (χ1v) is 4.68. The van der Waals surface area contributed by atoms with Crippen LogP contribution < -0.4 is 0 Å². The summed E-state index contributed by atoms with van der Waals surface area (Å²) in [6.07, 6.45) is 2.54. The predicted octanol–water partition coefficient (Wildman–Crippen LogP) is 2.32. The summed E-state index contributed by atoms with van der Waals surface area (Å²) in [5.41, 5.74) is 0.547. The lowest BCUT2D eigenvalue weighted by Crippen LogP contribution is -1.95. The van der Waals surface area contributed by atoms with Gasteiger partial charge in [-0.3, -0.25) is 4.99 Å². The Kier molecular flexibility index (Phi) is 3.51. The van der Waals surface area contributed by atoms with Gasteiger partial charge in [0.05, 0.1) is 0 Å². The van der Waals surface area contributed by atoms with Gasteiger partial charge in [0, 0.05) is 17.8 Å². The average Bonchev–Trinajstić information content (AvgIpc) is 2.19. The lowest BCUT2D eigenvalue weighted by molar-refractivity contribution is 0.459. The van der Waals surface area contributed by atoms with Gasteiger partial charge in [0.2, 0.25) is 0 Å². The van der Waals surface area contributed by atoms with Crippen LogP contribution in [0.15, 0.2) is 23.2 Å². The third-order valence-electron chi connectivity index (χ3n) is 2.07. The molecule has 14 heavy (non-hydrogen) atoms. The van der Waals surface area contributed by atoms with Crippen LogP contribution in [0.2, 0.25) is 0 Å². The minimum absolute atomic E-state index is 0.133. The van der Waals surface area contributed by atoms with Gasteiger partial charge in [-0.1, -0.05) is 6.92 Å². The number of aromatic hydroxyl groups is 2. The SMILES string of the molecule is CCC(C)N=Cc1cc(O)ccc1O. The predicted molar refractivity (Wildman–Crippen MR) is 57.1 cm³/mol. The largest absolute Gasteiger partial charge is 0.508 e. The van der Waals surface area contributed by atoms with E-state index in [1.54, 1.807) is 6.21 Å². The van der Waals surface area contributed by atoms with Crippen LogP contribution in [-0.4, -0.2) is 22.5 Å². The van der Waals surface area contributed by atoms with Crippen LogP contribution in [0.3, 0.4) is 0 Å². The molecule has 3 nitrogen and oxygen atoms in total. The van der Waals surface area contributed by atoms with Gasteiger partial charge in [0.15, 0.2) is 0 Å². The molecule has 0 aliphatic carbocycles. The van der Waals surface area contributed by atoms with Crippen molar-refractivity contribution in [2.75, 3.05) is 0 Å². The van der Waals surface area contributed by atoms with E-state index in [1.807, 2.05) is 13.8 Å². The van der Waals surface area contributed by atoms with E-state index < -0.39 is 0 Å². The number of hydrogen-bond donors (Lipinski definition) is 2. The maximum absolute atomic E-state index is 9.42. The molecule has 3 heteroatoms. The van der Waals surface area contributed by atoms with Crippen molar-refractivity contribution < 1.29 is 10.2 Å². The standard InChI is InChI=1S/C11H15NO2/c1-3-8(2)12-7-9-6-10(13)4-5-11(9)14/h4-8,13-14H,3H2,1-2H3. The highest BCUT2D eigenvalue weighted by Crippen LogP contribution is 2.20. The molecule has 0 aliphatic heterocycles. The summed E-state index contributed by atoms with van der Waals surface area (Å²) in [5.74, 6) is 0.267. The number of benzene rings is 1. The van der Waals surface area contributed by atoms with Crippen LogP contribution >= 0.6 is 0 Å². The summed E-state index contributed by atoms with van der Waals surface area (Å²) in [7, 11) is 0. The Morgan fingerprint density at radius 3 is 2.79 bits per heavy atom. The first-order chi connectivity index (χ1) is 6.63. The van der Waals surface area contributed by atoms with Crippen molar-refractivity contribution in [3.8, 4) is 11.5 Å². The van der Waals surface area contributed by atoms with Crippen molar-refractivity contribution >= 4 is 6.21 Å². The fourth-order valence-electron chi connectivity index (χ4n) is 0.958. The Labute approximate surface area is 83.7 Å². The van der Waals surface area contributed by atoms with Crippen molar-refractivity contribution in [3.63, 3.8) is 0 Å². The van der Waals surface area contributed by atoms with Gasteiger partial charge >= 0.3 is 0 Å². The summed E-state index contributed by atoms with van der Waals surface area (Å²) in [6.45, 7) is 4.04. The number of nitrogens with zero attached hydrogens (tertiary/aromatic N) is 1. The Morgan fingerprint density at radius 2 is 2.14 bits per heavy atom. The minimum Gasteiger partial charge on any atom is -0.508 e. The maximum atomic E-state index is 9.42. The third-order valence-corrected chi connectivity index (χ3v) is 2.07. The highest BCUT2D eigenvalue weighted by atomic mass is 16.3. The molecule has 0 aromatic heterocycles. The molecule has 0 bridgehead atoms. The molecule has 1 aromatic rings. The van der Waals surface area contributed by atoms with E-state index in [-0.39, 0.29) is 17.5 Å². The molecule has 76 valence electrons. The Hall–Kier alpha value is -1.51. The van der Waals surface area contributed by atoms with E-state index in [0.29, 0.717) is 5.56 Å². The highest BCUT2D eigenvalue weighted by Gasteiger charge is 1.99. The van der Waals surface area contributed by atoms with Gasteiger partial charge in [-0.05, 0) is 31.5 Å². The van der Waals surface area contributed by atoms with Crippen LogP contribution in [0, 0.1) is 0 Å². The first-order valence-electron chi connectivity index (χ1n) is 4.68. The Balaban J connectivity index is 2.85. The lowest BCUT2D eigenvalue weighted by Gasteiger charge is -2.02. The van der Waals surface area contributed by atoms with Crippen LogP contribution in [0.4, 0.5) is 0 Å². The molecular weight excluding hydrogens is 178 g/mol. The number of rotatable bonds is 3. The molecule has 1 rings (SSSR count). The van der Waals surface area contributed by atoms with E-state index >= 15 is 0 Å². The molecule has 0 heterocycles. The topological polar surface area (TPSA) is 52.8 Å². The van der Waals surface area contributed by atoms with Gasteiger partial charge in [0.25, 0.3) is 0 Å². The van der Waals surface area contributed by atoms with Crippen LogP contribution in [0.1, 0.15) is 25.8 Å². The molecule has 1 unspecified atom stereocenters. The molecule has 1 aromatic carbocycles. The van der Waals surface area contributed by atoms with E-state index in [4.69, 9.17) is 0 Å². The second kappa shape index (κ2) is 4.65. The zero-order valence-electron chi connectivity index (χ0n) is 8.44. The highest BCUT2D eigenvalue weighted by molar-refractivity contribution is 5.84. The number of phenols is 2. The van der Waals surface area contributed by atoms with E-state index in [1.165, 1.54) is 18.2 Å². The molecular formula is C11H15NO2. The average molecular weight is 193 g/mol. The van der Waals surface area contributed by atoms with Crippen molar-refractivity contribution in [2.24, 2.45) is 4.99 Å². The van der Waals surface area contributed by atoms with Crippen molar-refractivity contribution in [2.45, 2.75) is 26.3 Å². The molecule has 0 saturated carbocycles. The normalized spacial score (nSPS) is 13.3. The number of hydrogen-bond acceptors (Lipinski definition) is 3. The molecule has 0 saturated heterocycles. The monoisotopic (exact) mass is 193 g/mol. The Morgan fingerprint density at radius 1 is 1.43 bits per heavy atom. The summed E-state index contributed by atoms with van der Waals surface area (Å²) in [6, 6.07) is 4.61. The summed E-state index contributed by atoms with van der Waals surface area (Å²) < 4.78 is 0. The van der Waals surface area contributed by atoms with Crippen LogP contribution in [0.25, 0.3) is 0 Å². The van der Waals surface area contributed by atoms with Gasteiger partial charge in [-0.25, -0.2) is 0 Å². The molecule has 0 radical (unpaired) electrons. The number of phenolic OH excluding ortho intramolecular Hbond substituents is 2. The van der Waals surface area contributed by atoms with Gasteiger partial charge in [0.1, 0.15) is 11.5 Å². The summed E-state index contributed by atoms with van der Waals surface area (Å²) >= 11 is 0. The Bertz CT molecular complexity index is 334. The van der Waals surface area contributed by atoms with E-state index in [2.05, 4.69) is 4.99 Å². The second-order valence-corrected chi connectivity index (χ2v) is 3.28. The smallest absolute Gasteiger partial charge is 0.124 e. The molecule has 0 amide bonds. The van der Waals surface area contributed by atoms with Crippen molar-refractivity contribution in [3.05, 3.63) is 23.8 Å². The van der Waals surface area contributed by atoms with Crippen molar-refractivity contribution in [1.82, 2.24) is 0 Å². The maximum Gasteiger partial charge on any atom is 0.124 e.